The summed E-state index contributed by atoms with van der Waals surface area (Å²) in [6.45, 7) is 7.90. The van der Waals surface area contributed by atoms with Crippen LogP contribution in [0.5, 0.6) is 0 Å². The number of aliphatic hydroxyl groups is 1. The minimum Gasteiger partial charge on any atom is -0.396 e. The molecule has 0 radical (unpaired) electrons. The van der Waals surface area contributed by atoms with Gasteiger partial charge in [0.1, 0.15) is 6.29 Å². The second-order valence-electron chi connectivity index (χ2n) is 4.75. The van der Waals surface area contributed by atoms with Crippen LogP contribution in [0.4, 0.5) is 0 Å². The first-order valence-corrected chi connectivity index (χ1v) is 5.64. The minimum atomic E-state index is -0.375. The molecule has 0 spiro atoms. The number of aliphatic hydroxyl groups excluding tert-OH is 1. The first kappa shape index (κ1) is 12.6. The van der Waals surface area contributed by atoms with Crippen LogP contribution < -0.4 is 5.32 Å². The average Bonchev–Trinajstić information content (AvgIpc) is 2.27. The molecule has 1 aliphatic heterocycles. The Morgan fingerprint density at radius 1 is 1.47 bits per heavy atom. The highest BCUT2D eigenvalue weighted by Gasteiger charge is 2.33. The number of carbonyl (C=O) groups excluding carboxylic acids is 1. The lowest BCUT2D eigenvalue weighted by Crippen LogP contribution is -2.54. The highest BCUT2D eigenvalue weighted by atomic mass is 16.3. The lowest BCUT2D eigenvalue weighted by atomic mass is 9.83. The Kier molecular flexibility index (Phi) is 4.70. The van der Waals surface area contributed by atoms with Gasteiger partial charge in [-0.2, -0.15) is 0 Å². The summed E-state index contributed by atoms with van der Waals surface area (Å²) in [5.74, 6) is 0. The average molecular weight is 214 g/mol. The molecule has 1 aliphatic rings. The van der Waals surface area contributed by atoms with Crippen LogP contribution >= 0.6 is 0 Å². The van der Waals surface area contributed by atoms with E-state index in [1.165, 1.54) is 0 Å². The van der Waals surface area contributed by atoms with Crippen LogP contribution in [-0.4, -0.2) is 55.1 Å². The van der Waals surface area contributed by atoms with E-state index in [9.17, 15) is 4.79 Å². The lowest BCUT2D eigenvalue weighted by molar-refractivity contribution is -0.118. The predicted molar refractivity (Wildman–Crippen MR) is 59.8 cm³/mol. The quantitative estimate of drug-likeness (QED) is 0.626. The molecule has 2 N–H and O–H groups in total. The van der Waals surface area contributed by atoms with Gasteiger partial charge in [0.15, 0.2) is 0 Å². The fourth-order valence-corrected chi connectivity index (χ4v) is 2.22. The van der Waals surface area contributed by atoms with E-state index in [2.05, 4.69) is 10.2 Å². The van der Waals surface area contributed by atoms with Crippen molar-refractivity contribution in [2.75, 3.05) is 32.8 Å². The van der Waals surface area contributed by atoms with Crippen LogP contribution in [0.25, 0.3) is 0 Å². The molecule has 4 nitrogen and oxygen atoms in total. The normalized spacial score (nSPS) is 21.3. The Hall–Kier alpha value is -0.450. The molecular formula is C11H22N2O2. The molecule has 1 rings (SSSR count). The molecule has 1 unspecified atom stereocenters. The van der Waals surface area contributed by atoms with Crippen molar-refractivity contribution in [3.8, 4) is 0 Å². The van der Waals surface area contributed by atoms with Gasteiger partial charge in [-0.15, -0.1) is 0 Å². The Morgan fingerprint density at radius 3 is 2.53 bits per heavy atom. The van der Waals surface area contributed by atoms with E-state index in [0.29, 0.717) is 6.42 Å². The van der Waals surface area contributed by atoms with Crippen LogP contribution in [0.1, 0.15) is 20.3 Å². The molecule has 1 heterocycles. The molecular weight excluding hydrogens is 192 g/mol. The number of hydrogen-bond donors (Lipinski definition) is 2. The Balaban J connectivity index is 2.66. The fourth-order valence-electron chi connectivity index (χ4n) is 2.22. The molecule has 0 amide bonds. The number of piperazine rings is 1. The third kappa shape index (κ3) is 3.26. The van der Waals surface area contributed by atoms with Gasteiger partial charge in [0.05, 0.1) is 0 Å². The molecule has 0 aliphatic carbocycles. The van der Waals surface area contributed by atoms with Crippen molar-refractivity contribution in [1.29, 1.82) is 0 Å². The summed E-state index contributed by atoms with van der Waals surface area (Å²) < 4.78 is 0. The molecule has 4 heteroatoms. The van der Waals surface area contributed by atoms with Crippen molar-refractivity contribution in [2.45, 2.75) is 26.3 Å². The highest BCUT2D eigenvalue weighted by molar-refractivity contribution is 5.59. The third-order valence-corrected chi connectivity index (χ3v) is 3.16. The lowest BCUT2D eigenvalue weighted by Gasteiger charge is -2.41. The zero-order valence-electron chi connectivity index (χ0n) is 9.70. The number of aldehydes is 1. The van der Waals surface area contributed by atoms with E-state index in [0.717, 1.165) is 32.5 Å². The van der Waals surface area contributed by atoms with E-state index in [1.807, 2.05) is 13.8 Å². The molecule has 0 aromatic carbocycles. The topological polar surface area (TPSA) is 52.6 Å². The Labute approximate surface area is 91.6 Å². The van der Waals surface area contributed by atoms with Crippen molar-refractivity contribution < 1.29 is 9.90 Å². The van der Waals surface area contributed by atoms with Crippen LogP contribution in [0, 0.1) is 5.41 Å². The van der Waals surface area contributed by atoms with Gasteiger partial charge in [-0.3, -0.25) is 4.90 Å². The van der Waals surface area contributed by atoms with Crippen molar-refractivity contribution in [3.05, 3.63) is 0 Å². The van der Waals surface area contributed by atoms with E-state index in [1.54, 1.807) is 0 Å². The minimum absolute atomic E-state index is 0.145. The summed E-state index contributed by atoms with van der Waals surface area (Å²) in [4.78, 5) is 13.4. The summed E-state index contributed by atoms with van der Waals surface area (Å²) in [5.41, 5.74) is -0.375. The molecule has 1 saturated heterocycles. The van der Waals surface area contributed by atoms with E-state index in [-0.39, 0.29) is 18.1 Å². The van der Waals surface area contributed by atoms with Crippen molar-refractivity contribution in [1.82, 2.24) is 10.2 Å². The summed E-state index contributed by atoms with van der Waals surface area (Å²) in [5, 5.41) is 12.4. The standard InChI is InChI=1S/C11H22N2O2/c1-11(2,9-15)10(3-8-14)13-6-4-12-5-7-13/h9-10,12,14H,3-8H2,1-2H3. The molecule has 0 bridgehead atoms. The van der Waals surface area contributed by atoms with E-state index < -0.39 is 0 Å². The number of nitrogens with one attached hydrogen (secondary N) is 1. The smallest absolute Gasteiger partial charge is 0.127 e. The summed E-state index contributed by atoms with van der Waals surface area (Å²) >= 11 is 0. The van der Waals surface area contributed by atoms with Gasteiger partial charge in [-0.1, -0.05) is 13.8 Å². The largest absolute Gasteiger partial charge is 0.396 e. The van der Waals surface area contributed by atoms with Gasteiger partial charge < -0.3 is 15.2 Å². The Bertz CT molecular complexity index is 201. The zero-order valence-corrected chi connectivity index (χ0v) is 9.70. The number of rotatable bonds is 5. The Morgan fingerprint density at radius 2 is 2.07 bits per heavy atom. The maximum absolute atomic E-state index is 11.1. The van der Waals surface area contributed by atoms with Crippen LogP contribution in [0.3, 0.4) is 0 Å². The monoisotopic (exact) mass is 214 g/mol. The molecule has 0 aromatic rings. The molecule has 15 heavy (non-hydrogen) atoms. The molecule has 88 valence electrons. The molecule has 1 atom stereocenters. The van der Waals surface area contributed by atoms with Gasteiger partial charge in [-0.05, 0) is 6.42 Å². The highest BCUT2D eigenvalue weighted by Crippen LogP contribution is 2.25. The van der Waals surface area contributed by atoms with E-state index in [4.69, 9.17) is 5.11 Å². The maximum Gasteiger partial charge on any atom is 0.127 e. The number of hydrogen-bond acceptors (Lipinski definition) is 4. The summed E-state index contributed by atoms with van der Waals surface area (Å²) in [6, 6.07) is 0.155. The maximum atomic E-state index is 11.1. The second-order valence-corrected chi connectivity index (χ2v) is 4.75. The second kappa shape index (κ2) is 5.58. The van der Waals surface area contributed by atoms with Crippen molar-refractivity contribution >= 4 is 6.29 Å². The third-order valence-electron chi connectivity index (χ3n) is 3.16. The fraction of sp³-hybridized carbons (Fsp3) is 0.909. The van der Waals surface area contributed by atoms with Crippen molar-refractivity contribution in [2.24, 2.45) is 5.41 Å². The van der Waals surface area contributed by atoms with Crippen LogP contribution in [0.15, 0.2) is 0 Å². The van der Waals surface area contributed by atoms with E-state index >= 15 is 0 Å². The summed E-state index contributed by atoms with van der Waals surface area (Å²) in [6.07, 6.45) is 1.68. The first-order chi connectivity index (χ1) is 7.11. The summed E-state index contributed by atoms with van der Waals surface area (Å²) in [7, 11) is 0. The molecule has 0 saturated carbocycles. The van der Waals surface area contributed by atoms with Crippen LogP contribution in [-0.2, 0) is 4.79 Å². The van der Waals surface area contributed by atoms with Gasteiger partial charge in [0.25, 0.3) is 0 Å². The van der Waals surface area contributed by atoms with Gasteiger partial charge in [0, 0.05) is 44.2 Å². The molecule has 0 aromatic heterocycles. The van der Waals surface area contributed by atoms with Crippen LogP contribution in [0.2, 0.25) is 0 Å². The molecule has 1 fully saturated rings. The van der Waals surface area contributed by atoms with Gasteiger partial charge >= 0.3 is 0 Å². The van der Waals surface area contributed by atoms with Gasteiger partial charge in [-0.25, -0.2) is 0 Å². The first-order valence-electron chi connectivity index (χ1n) is 5.64. The predicted octanol–water partition coefficient (Wildman–Crippen LogP) is -0.132. The number of nitrogens with zero attached hydrogens (tertiary/aromatic N) is 1. The van der Waals surface area contributed by atoms with Crippen molar-refractivity contribution in [3.63, 3.8) is 0 Å². The SMILES string of the molecule is CC(C)(C=O)C(CCO)N1CCNCC1. The van der Waals surface area contributed by atoms with Gasteiger partial charge in [0.2, 0.25) is 0 Å². The number of carbonyl (C=O) groups is 1. The zero-order chi connectivity index (χ0) is 11.3.